The molecule has 26 heavy (non-hydrogen) atoms. The lowest BCUT2D eigenvalue weighted by molar-refractivity contribution is -0.127. The van der Waals surface area contributed by atoms with E-state index in [9.17, 15) is 13.2 Å². The summed E-state index contributed by atoms with van der Waals surface area (Å²) in [5.74, 6) is -0.00378. The molecule has 6 nitrogen and oxygen atoms in total. The van der Waals surface area contributed by atoms with E-state index in [0.717, 1.165) is 37.1 Å². The average Bonchev–Trinajstić information content (AvgIpc) is 2.62. The number of carbonyl (C=O) groups is 1. The van der Waals surface area contributed by atoms with Gasteiger partial charge in [-0.1, -0.05) is 17.7 Å². The molecule has 1 amide bonds. The summed E-state index contributed by atoms with van der Waals surface area (Å²) in [6.07, 6.45) is 3.10. The van der Waals surface area contributed by atoms with Crippen LogP contribution < -0.4 is 10.6 Å². The molecule has 3 rings (SSSR count). The van der Waals surface area contributed by atoms with Crippen LogP contribution in [0.3, 0.4) is 0 Å². The molecule has 2 heterocycles. The van der Waals surface area contributed by atoms with Gasteiger partial charge in [-0.3, -0.25) is 4.79 Å². The van der Waals surface area contributed by atoms with E-state index in [-0.39, 0.29) is 17.9 Å². The molecule has 144 valence electrons. The quantitative estimate of drug-likeness (QED) is 0.832. The maximum Gasteiger partial charge on any atom is 0.243 e. The lowest BCUT2D eigenvalue weighted by Gasteiger charge is -2.32. The highest BCUT2D eigenvalue weighted by Crippen LogP contribution is 2.26. The molecule has 1 aromatic carbocycles. The molecule has 7 heteroatoms. The van der Waals surface area contributed by atoms with Gasteiger partial charge in [0, 0.05) is 25.0 Å². The van der Waals surface area contributed by atoms with Crippen molar-refractivity contribution in [2.24, 2.45) is 5.92 Å². The smallest absolute Gasteiger partial charge is 0.243 e. The van der Waals surface area contributed by atoms with Crippen molar-refractivity contribution >= 4 is 15.9 Å². The van der Waals surface area contributed by atoms with E-state index in [4.69, 9.17) is 0 Å². The molecule has 0 radical (unpaired) electrons. The van der Waals surface area contributed by atoms with Crippen LogP contribution in [0.1, 0.15) is 36.8 Å². The van der Waals surface area contributed by atoms with Gasteiger partial charge in [-0.2, -0.15) is 4.31 Å². The molecule has 2 aliphatic rings. The first kappa shape index (κ1) is 19.3. The Balaban J connectivity index is 1.59. The van der Waals surface area contributed by atoms with Gasteiger partial charge in [0.25, 0.3) is 0 Å². The predicted molar refractivity (Wildman–Crippen MR) is 101 cm³/mol. The van der Waals surface area contributed by atoms with Gasteiger partial charge < -0.3 is 10.6 Å². The Labute approximate surface area is 156 Å². The Bertz CT molecular complexity index is 749. The second-order valence-electron chi connectivity index (χ2n) is 7.48. The number of aryl methyl sites for hydroxylation is 2. The molecule has 2 N–H and O–H groups in total. The zero-order valence-corrected chi connectivity index (χ0v) is 16.4. The predicted octanol–water partition coefficient (Wildman–Crippen LogP) is 1.57. The molecule has 0 spiro atoms. The van der Waals surface area contributed by atoms with Crippen molar-refractivity contribution < 1.29 is 13.2 Å². The molecule has 0 aliphatic carbocycles. The number of amides is 1. The SMILES string of the molecule is Cc1ccc(S(=O)(=O)N2CCC(C(=O)NC3CCNCC3)CC2)c(C)c1. The minimum atomic E-state index is -3.49. The van der Waals surface area contributed by atoms with E-state index in [1.54, 1.807) is 6.07 Å². The van der Waals surface area contributed by atoms with Gasteiger partial charge in [0.05, 0.1) is 4.90 Å². The van der Waals surface area contributed by atoms with E-state index < -0.39 is 10.0 Å². The van der Waals surface area contributed by atoms with E-state index in [2.05, 4.69) is 10.6 Å². The van der Waals surface area contributed by atoms with Gasteiger partial charge in [0.15, 0.2) is 0 Å². The first-order chi connectivity index (χ1) is 12.4. The molecule has 1 aromatic rings. The number of carbonyl (C=O) groups excluding carboxylic acids is 1. The van der Waals surface area contributed by atoms with Gasteiger partial charge in [0.2, 0.25) is 15.9 Å². The normalized spacial score (nSPS) is 20.8. The van der Waals surface area contributed by atoms with Crippen molar-refractivity contribution in [2.45, 2.75) is 50.5 Å². The monoisotopic (exact) mass is 379 g/mol. The molecular weight excluding hydrogens is 350 g/mol. The molecule has 2 fully saturated rings. The zero-order chi connectivity index (χ0) is 18.7. The van der Waals surface area contributed by atoms with Crippen molar-refractivity contribution in [1.29, 1.82) is 0 Å². The third kappa shape index (κ3) is 4.27. The zero-order valence-electron chi connectivity index (χ0n) is 15.6. The van der Waals surface area contributed by atoms with Gasteiger partial charge in [-0.15, -0.1) is 0 Å². The third-order valence-electron chi connectivity index (χ3n) is 5.46. The van der Waals surface area contributed by atoms with Crippen molar-refractivity contribution in [3.8, 4) is 0 Å². The molecule has 0 aromatic heterocycles. The van der Waals surface area contributed by atoms with Gasteiger partial charge >= 0.3 is 0 Å². The topological polar surface area (TPSA) is 78.5 Å². The van der Waals surface area contributed by atoms with E-state index in [1.807, 2.05) is 26.0 Å². The van der Waals surface area contributed by atoms with Crippen LogP contribution in [0, 0.1) is 19.8 Å². The van der Waals surface area contributed by atoms with Crippen LogP contribution in [-0.4, -0.2) is 50.9 Å². The number of hydrogen-bond acceptors (Lipinski definition) is 4. The van der Waals surface area contributed by atoms with Crippen LogP contribution in [0.15, 0.2) is 23.1 Å². The number of piperidine rings is 2. The summed E-state index contributed by atoms with van der Waals surface area (Å²) in [5.41, 5.74) is 1.82. The summed E-state index contributed by atoms with van der Waals surface area (Å²) in [6.45, 7) is 6.48. The number of nitrogens with zero attached hydrogens (tertiary/aromatic N) is 1. The Morgan fingerprint density at radius 3 is 2.38 bits per heavy atom. The van der Waals surface area contributed by atoms with E-state index in [0.29, 0.717) is 30.8 Å². The van der Waals surface area contributed by atoms with Crippen molar-refractivity contribution in [2.75, 3.05) is 26.2 Å². The van der Waals surface area contributed by atoms with E-state index in [1.165, 1.54) is 4.31 Å². The highest BCUT2D eigenvalue weighted by Gasteiger charge is 2.33. The molecule has 2 saturated heterocycles. The summed E-state index contributed by atoms with van der Waals surface area (Å²) in [6, 6.07) is 5.67. The second kappa shape index (κ2) is 8.06. The number of rotatable bonds is 4. The van der Waals surface area contributed by atoms with E-state index >= 15 is 0 Å². The number of benzene rings is 1. The van der Waals surface area contributed by atoms with Gasteiger partial charge in [0.1, 0.15) is 0 Å². The number of hydrogen-bond donors (Lipinski definition) is 2. The summed E-state index contributed by atoms with van der Waals surface area (Å²) >= 11 is 0. The Kier molecular flexibility index (Phi) is 5.99. The maximum absolute atomic E-state index is 12.9. The molecule has 0 unspecified atom stereocenters. The molecule has 0 saturated carbocycles. The molecule has 2 aliphatic heterocycles. The fraction of sp³-hybridized carbons (Fsp3) is 0.632. The lowest BCUT2D eigenvalue weighted by atomic mass is 9.96. The summed E-state index contributed by atoms with van der Waals surface area (Å²) in [5, 5.41) is 6.43. The van der Waals surface area contributed by atoms with Crippen molar-refractivity contribution in [3.63, 3.8) is 0 Å². The Morgan fingerprint density at radius 2 is 1.77 bits per heavy atom. The number of nitrogens with one attached hydrogen (secondary N) is 2. The first-order valence-corrected chi connectivity index (χ1v) is 10.9. The first-order valence-electron chi connectivity index (χ1n) is 9.46. The van der Waals surface area contributed by atoms with Crippen LogP contribution >= 0.6 is 0 Å². The van der Waals surface area contributed by atoms with Gasteiger partial charge in [-0.05, 0) is 64.3 Å². The van der Waals surface area contributed by atoms with Crippen LogP contribution in [0.5, 0.6) is 0 Å². The largest absolute Gasteiger partial charge is 0.353 e. The highest BCUT2D eigenvalue weighted by molar-refractivity contribution is 7.89. The minimum absolute atomic E-state index is 0.0838. The Morgan fingerprint density at radius 1 is 1.12 bits per heavy atom. The summed E-state index contributed by atoms with van der Waals surface area (Å²) < 4.78 is 27.4. The number of sulfonamides is 1. The lowest BCUT2D eigenvalue weighted by Crippen LogP contribution is -2.47. The Hall–Kier alpha value is -1.44. The second-order valence-corrected chi connectivity index (χ2v) is 9.39. The van der Waals surface area contributed by atoms with Crippen LogP contribution in [0.25, 0.3) is 0 Å². The van der Waals surface area contributed by atoms with Crippen molar-refractivity contribution in [3.05, 3.63) is 29.3 Å². The van der Waals surface area contributed by atoms with Crippen LogP contribution in [0.2, 0.25) is 0 Å². The van der Waals surface area contributed by atoms with Gasteiger partial charge in [-0.25, -0.2) is 8.42 Å². The third-order valence-corrected chi connectivity index (χ3v) is 7.52. The van der Waals surface area contributed by atoms with Crippen LogP contribution in [-0.2, 0) is 14.8 Å². The average molecular weight is 380 g/mol. The molecule has 0 atom stereocenters. The maximum atomic E-state index is 12.9. The fourth-order valence-electron chi connectivity index (χ4n) is 3.87. The van der Waals surface area contributed by atoms with Crippen molar-refractivity contribution in [1.82, 2.24) is 14.9 Å². The molecule has 0 bridgehead atoms. The summed E-state index contributed by atoms with van der Waals surface area (Å²) in [4.78, 5) is 12.9. The highest BCUT2D eigenvalue weighted by atomic mass is 32.2. The van der Waals surface area contributed by atoms with Crippen LogP contribution in [0.4, 0.5) is 0 Å². The molecular formula is C19H29N3O3S. The minimum Gasteiger partial charge on any atom is -0.353 e. The standard InChI is InChI=1S/C19H29N3O3S/c1-14-3-4-18(15(2)13-14)26(24,25)22-11-7-16(8-12-22)19(23)21-17-5-9-20-10-6-17/h3-4,13,16-17,20H,5-12H2,1-2H3,(H,21,23). The summed E-state index contributed by atoms with van der Waals surface area (Å²) in [7, 11) is -3.49. The fourth-order valence-corrected chi connectivity index (χ4v) is 5.55.